The van der Waals surface area contributed by atoms with Gasteiger partial charge in [-0.05, 0) is 23.6 Å². The second-order valence-corrected chi connectivity index (χ2v) is 5.39. The molecule has 0 saturated carbocycles. The number of carbonyl (C=O) groups excluding carboxylic acids is 3. The van der Waals surface area contributed by atoms with Crippen LogP contribution < -0.4 is 10.9 Å². The average molecular weight is 339 g/mol. The van der Waals surface area contributed by atoms with Crippen molar-refractivity contribution in [2.45, 2.75) is 0 Å². The van der Waals surface area contributed by atoms with Crippen LogP contribution in [0.2, 0.25) is 5.02 Å². The van der Waals surface area contributed by atoms with Gasteiger partial charge in [-0.3, -0.25) is 20.4 Å². The van der Waals surface area contributed by atoms with Gasteiger partial charge in [0.2, 0.25) is 0 Å². The van der Waals surface area contributed by atoms with Crippen LogP contribution in [-0.2, 0) is 9.53 Å². The predicted octanol–water partition coefficient (Wildman–Crippen LogP) is 2.02. The van der Waals surface area contributed by atoms with Crippen molar-refractivity contribution >= 4 is 40.7 Å². The number of carbonyl (C=O) groups is 3. The van der Waals surface area contributed by atoms with Gasteiger partial charge in [-0.1, -0.05) is 29.8 Å². The molecule has 1 aromatic heterocycles. The fraction of sp³-hybridized carbons (Fsp3) is 0.0714. The van der Waals surface area contributed by atoms with Crippen molar-refractivity contribution in [3.8, 4) is 0 Å². The van der Waals surface area contributed by atoms with Crippen LogP contribution in [-0.4, -0.2) is 24.4 Å². The average Bonchev–Trinajstić information content (AvgIpc) is 3.05. The van der Waals surface area contributed by atoms with E-state index in [1.54, 1.807) is 35.7 Å². The van der Waals surface area contributed by atoms with Crippen molar-refractivity contribution in [1.82, 2.24) is 10.9 Å². The van der Waals surface area contributed by atoms with Crippen LogP contribution in [0.15, 0.2) is 41.8 Å². The molecule has 8 heteroatoms. The highest BCUT2D eigenvalue weighted by molar-refractivity contribution is 7.12. The summed E-state index contributed by atoms with van der Waals surface area (Å²) >= 11 is 7.07. The number of hydrogen-bond donors (Lipinski definition) is 2. The Morgan fingerprint density at radius 2 is 1.86 bits per heavy atom. The highest BCUT2D eigenvalue weighted by Crippen LogP contribution is 2.15. The van der Waals surface area contributed by atoms with Crippen molar-refractivity contribution in [3.63, 3.8) is 0 Å². The predicted molar refractivity (Wildman–Crippen MR) is 81.7 cm³/mol. The molecule has 0 unspecified atom stereocenters. The first-order chi connectivity index (χ1) is 10.6. The second kappa shape index (κ2) is 7.58. The zero-order valence-corrected chi connectivity index (χ0v) is 12.7. The number of halogens is 1. The van der Waals surface area contributed by atoms with Crippen LogP contribution in [0.3, 0.4) is 0 Å². The van der Waals surface area contributed by atoms with Crippen molar-refractivity contribution in [2.75, 3.05) is 6.61 Å². The molecule has 114 valence electrons. The normalized spacial score (nSPS) is 9.86. The summed E-state index contributed by atoms with van der Waals surface area (Å²) in [5.74, 6) is -1.82. The van der Waals surface area contributed by atoms with Crippen LogP contribution in [0, 0.1) is 0 Å². The number of thiophene rings is 1. The topological polar surface area (TPSA) is 84.5 Å². The molecule has 0 spiro atoms. The van der Waals surface area contributed by atoms with E-state index < -0.39 is 24.4 Å². The fourth-order valence-corrected chi connectivity index (χ4v) is 2.30. The van der Waals surface area contributed by atoms with Gasteiger partial charge in [0.05, 0.1) is 15.5 Å². The molecule has 22 heavy (non-hydrogen) atoms. The Bertz CT molecular complexity index is 688. The van der Waals surface area contributed by atoms with Crippen LogP contribution in [0.25, 0.3) is 0 Å². The van der Waals surface area contributed by atoms with Crippen LogP contribution >= 0.6 is 22.9 Å². The van der Waals surface area contributed by atoms with E-state index in [0.717, 1.165) is 0 Å². The lowest BCUT2D eigenvalue weighted by atomic mass is 10.2. The van der Waals surface area contributed by atoms with E-state index in [-0.39, 0.29) is 10.6 Å². The van der Waals surface area contributed by atoms with Gasteiger partial charge in [0.1, 0.15) is 0 Å². The molecule has 6 nitrogen and oxygen atoms in total. The van der Waals surface area contributed by atoms with Gasteiger partial charge in [-0.15, -0.1) is 11.3 Å². The SMILES string of the molecule is O=C(COC(=O)c1ccccc1Cl)NNC(=O)c1cccs1. The molecule has 0 atom stereocenters. The van der Waals surface area contributed by atoms with Gasteiger partial charge in [-0.25, -0.2) is 4.79 Å². The molecule has 2 N–H and O–H groups in total. The number of benzene rings is 1. The minimum absolute atomic E-state index is 0.166. The van der Waals surface area contributed by atoms with E-state index in [4.69, 9.17) is 16.3 Å². The molecule has 2 rings (SSSR count). The summed E-state index contributed by atoms with van der Waals surface area (Å²) in [6.07, 6.45) is 0. The summed E-state index contributed by atoms with van der Waals surface area (Å²) in [5.41, 5.74) is 4.53. The third kappa shape index (κ3) is 4.31. The lowest BCUT2D eigenvalue weighted by Gasteiger charge is -2.08. The lowest BCUT2D eigenvalue weighted by molar-refractivity contribution is -0.125. The highest BCUT2D eigenvalue weighted by atomic mass is 35.5. The quantitative estimate of drug-likeness (QED) is 0.660. The Hall–Kier alpha value is -2.38. The summed E-state index contributed by atoms with van der Waals surface area (Å²) in [6.45, 7) is -0.533. The van der Waals surface area contributed by atoms with Crippen molar-refractivity contribution in [1.29, 1.82) is 0 Å². The number of hydrogen-bond acceptors (Lipinski definition) is 5. The highest BCUT2D eigenvalue weighted by Gasteiger charge is 2.13. The van der Waals surface area contributed by atoms with Gasteiger partial charge in [-0.2, -0.15) is 0 Å². The maximum atomic E-state index is 11.7. The summed E-state index contributed by atoms with van der Waals surface area (Å²) in [4.78, 5) is 35.3. The monoisotopic (exact) mass is 338 g/mol. The van der Waals surface area contributed by atoms with Crippen molar-refractivity contribution < 1.29 is 19.1 Å². The number of hydrazine groups is 1. The summed E-state index contributed by atoms with van der Waals surface area (Å²) in [7, 11) is 0. The molecule has 1 heterocycles. The number of esters is 1. The van der Waals surface area contributed by atoms with E-state index >= 15 is 0 Å². The number of nitrogens with one attached hydrogen (secondary N) is 2. The van der Waals surface area contributed by atoms with Gasteiger partial charge in [0.15, 0.2) is 6.61 Å². The molecule has 2 aromatic rings. The van der Waals surface area contributed by atoms with Crippen LogP contribution in [0.5, 0.6) is 0 Å². The molecular weight excluding hydrogens is 328 g/mol. The summed E-state index contributed by atoms with van der Waals surface area (Å²) in [6, 6.07) is 9.66. The van der Waals surface area contributed by atoms with E-state index in [1.807, 2.05) is 0 Å². The standard InChI is InChI=1S/C14H11ClN2O4S/c15-10-5-2-1-4-9(10)14(20)21-8-12(18)16-17-13(19)11-6-3-7-22-11/h1-7H,8H2,(H,16,18)(H,17,19). The summed E-state index contributed by atoms with van der Waals surface area (Å²) < 4.78 is 4.81. The van der Waals surface area contributed by atoms with E-state index in [9.17, 15) is 14.4 Å². The molecule has 2 amide bonds. The number of rotatable bonds is 4. The fourth-order valence-electron chi connectivity index (χ4n) is 1.47. The Labute approximate surface area is 135 Å². The minimum atomic E-state index is -0.717. The first kappa shape index (κ1) is 16.0. The molecule has 0 bridgehead atoms. The van der Waals surface area contributed by atoms with Crippen LogP contribution in [0.1, 0.15) is 20.0 Å². The Morgan fingerprint density at radius 1 is 1.09 bits per heavy atom. The molecule has 1 aromatic carbocycles. The third-order valence-electron chi connectivity index (χ3n) is 2.49. The lowest BCUT2D eigenvalue weighted by Crippen LogP contribution is -2.43. The van der Waals surface area contributed by atoms with E-state index in [0.29, 0.717) is 4.88 Å². The molecule has 0 aliphatic carbocycles. The van der Waals surface area contributed by atoms with Crippen molar-refractivity contribution in [2.24, 2.45) is 0 Å². The van der Waals surface area contributed by atoms with Crippen LogP contribution in [0.4, 0.5) is 0 Å². The largest absolute Gasteiger partial charge is 0.452 e. The van der Waals surface area contributed by atoms with Gasteiger partial charge in [0, 0.05) is 0 Å². The Balaban J connectivity index is 1.77. The van der Waals surface area contributed by atoms with E-state index in [2.05, 4.69) is 10.9 Å². The Morgan fingerprint density at radius 3 is 2.55 bits per heavy atom. The third-order valence-corrected chi connectivity index (χ3v) is 3.69. The molecular formula is C14H11ClN2O4S. The van der Waals surface area contributed by atoms with E-state index in [1.165, 1.54) is 17.4 Å². The minimum Gasteiger partial charge on any atom is -0.452 e. The first-order valence-corrected chi connectivity index (χ1v) is 7.38. The molecule has 0 fully saturated rings. The number of amides is 2. The molecule has 0 aliphatic heterocycles. The first-order valence-electron chi connectivity index (χ1n) is 6.12. The zero-order valence-electron chi connectivity index (χ0n) is 11.2. The maximum absolute atomic E-state index is 11.7. The summed E-state index contributed by atoms with van der Waals surface area (Å²) in [5, 5.41) is 1.97. The van der Waals surface area contributed by atoms with Gasteiger partial charge in [0.25, 0.3) is 11.8 Å². The van der Waals surface area contributed by atoms with Gasteiger partial charge < -0.3 is 4.74 Å². The second-order valence-electron chi connectivity index (χ2n) is 4.04. The Kier molecular flexibility index (Phi) is 5.51. The molecule has 0 radical (unpaired) electrons. The molecule has 0 saturated heterocycles. The molecule has 0 aliphatic rings. The maximum Gasteiger partial charge on any atom is 0.340 e. The van der Waals surface area contributed by atoms with Gasteiger partial charge >= 0.3 is 5.97 Å². The number of ether oxygens (including phenoxy) is 1. The van der Waals surface area contributed by atoms with Crippen molar-refractivity contribution in [3.05, 3.63) is 57.2 Å². The smallest absolute Gasteiger partial charge is 0.340 e. The zero-order chi connectivity index (χ0) is 15.9.